The number of rotatable bonds is 0. The third kappa shape index (κ3) is 2.28. The van der Waals surface area contributed by atoms with Gasteiger partial charge in [0.25, 0.3) is 0 Å². The standard InChI is InChI=1S/C13H21NO2/c1-9-4-12(2,3)8-13(5-9)6-10(15)14-11(16)7-13/h9H,4-8H2,1-3H3,(H,14,15,16). The highest BCUT2D eigenvalue weighted by Gasteiger charge is 2.47. The van der Waals surface area contributed by atoms with Gasteiger partial charge in [0.2, 0.25) is 11.8 Å². The van der Waals surface area contributed by atoms with Crippen LogP contribution in [0.3, 0.4) is 0 Å². The molecule has 2 amide bonds. The average molecular weight is 223 g/mol. The third-order valence-corrected chi connectivity index (χ3v) is 3.89. The molecule has 1 aliphatic heterocycles. The molecule has 0 radical (unpaired) electrons. The predicted molar refractivity (Wildman–Crippen MR) is 61.6 cm³/mol. The summed E-state index contributed by atoms with van der Waals surface area (Å²) in [7, 11) is 0. The first kappa shape index (κ1) is 11.6. The number of carbonyl (C=O) groups is 2. The van der Waals surface area contributed by atoms with Crippen LogP contribution in [-0.4, -0.2) is 11.8 Å². The van der Waals surface area contributed by atoms with Gasteiger partial charge in [0.15, 0.2) is 0 Å². The maximum atomic E-state index is 11.5. The van der Waals surface area contributed by atoms with Crippen LogP contribution in [0.25, 0.3) is 0 Å². The van der Waals surface area contributed by atoms with E-state index in [1.54, 1.807) is 0 Å². The normalized spacial score (nSPS) is 32.6. The quantitative estimate of drug-likeness (QED) is 0.640. The summed E-state index contributed by atoms with van der Waals surface area (Å²) in [6.45, 7) is 6.74. The lowest BCUT2D eigenvalue weighted by Crippen LogP contribution is -2.49. The number of imide groups is 1. The SMILES string of the molecule is CC1CC(C)(C)CC2(CC(=O)NC(=O)C2)C1. The number of nitrogens with one attached hydrogen (secondary N) is 1. The van der Waals surface area contributed by atoms with Crippen molar-refractivity contribution < 1.29 is 9.59 Å². The lowest BCUT2D eigenvalue weighted by molar-refractivity contribution is -0.141. The van der Waals surface area contributed by atoms with Crippen LogP contribution in [0.15, 0.2) is 0 Å². The smallest absolute Gasteiger partial charge is 0.227 e. The summed E-state index contributed by atoms with van der Waals surface area (Å²) in [5.41, 5.74) is 0.205. The maximum Gasteiger partial charge on any atom is 0.227 e. The molecule has 1 saturated carbocycles. The Morgan fingerprint density at radius 2 is 1.69 bits per heavy atom. The van der Waals surface area contributed by atoms with Crippen molar-refractivity contribution in [3.63, 3.8) is 0 Å². The van der Waals surface area contributed by atoms with Crippen LogP contribution in [0.5, 0.6) is 0 Å². The van der Waals surface area contributed by atoms with Crippen molar-refractivity contribution in [3.05, 3.63) is 0 Å². The molecule has 1 atom stereocenters. The number of carbonyl (C=O) groups excluding carboxylic acids is 2. The molecular weight excluding hydrogens is 202 g/mol. The van der Waals surface area contributed by atoms with Gasteiger partial charge < -0.3 is 0 Å². The minimum absolute atomic E-state index is 0.0550. The third-order valence-electron chi connectivity index (χ3n) is 3.89. The van der Waals surface area contributed by atoms with E-state index in [1.807, 2.05) is 0 Å². The Labute approximate surface area is 97.0 Å². The van der Waals surface area contributed by atoms with E-state index in [0.717, 1.165) is 12.8 Å². The van der Waals surface area contributed by atoms with E-state index >= 15 is 0 Å². The topological polar surface area (TPSA) is 46.2 Å². The van der Waals surface area contributed by atoms with Gasteiger partial charge >= 0.3 is 0 Å². The Bertz CT molecular complexity index is 317. The molecule has 2 aliphatic rings. The predicted octanol–water partition coefficient (Wildman–Crippen LogP) is 2.26. The van der Waals surface area contributed by atoms with Gasteiger partial charge in [0.1, 0.15) is 0 Å². The molecule has 16 heavy (non-hydrogen) atoms. The van der Waals surface area contributed by atoms with Crippen molar-refractivity contribution in [1.82, 2.24) is 5.32 Å². The molecule has 0 aromatic rings. The van der Waals surface area contributed by atoms with E-state index in [4.69, 9.17) is 0 Å². The van der Waals surface area contributed by atoms with Gasteiger partial charge in [-0.25, -0.2) is 0 Å². The summed E-state index contributed by atoms with van der Waals surface area (Å²) in [4.78, 5) is 23.1. The molecule has 90 valence electrons. The van der Waals surface area contributed by atoms with Crippen molar-refractivity contribution in [1.29, 1.82) is 0 Å². The highest BCUT2D eigenvalue weighted by atomic mass is 16.2. The summed E-state index contributed by atoms with van der Waals surface area (Å²) in [6, 6.07) is 0. The van der Waals surface area contributed by atoms with Crippen LogP contribution in [-0.2, 0) is 9.59 Å². The average Bonchev–Trinajstić information content (AvgIpc) is 1.93. The minimum Gasteiger partial charge on any atom is -0.296 e. The van der Waals surface area contributed by atoms with Crippen LogP contribution >= 0.6 is 0 Å². The molecule has 2 rings (SSSR count). The number of hydrogen-bond acceptors (Lipinski definition) is 2. The highest BCUT2D eigenvalue weighted by Crippen LogP contribution is 2.52. The second kappa shape index (κ2) is 3.57. The Morgan fingerprint density at radius 3 is 2.19 bits per heavy atom. The molecule has 0 bridgehead atoms. The molecule has 1 unspecified atom stereocenters. The number of hydrogen-bond donors (Lipinski definition) is 1. The summed E-state index contributed by atoms with van der Waals surface area (Å²) in [5, 5.41) is 2.42. The van der Waals surface area contributed by atoms with Crippen LogP contribution in [0.4, 0.5) is 0 Å². The zero-order valence-corrected chi connectivity index (χ0v) is 10.4. The maximum absolute atomic E-state index is 11.5. The first-order chi connectivity index (χ1) is 7.30. The number of amides is 2. The van der Waals surface area contributed by atoms with E-state index < -0.39 is 0 Å². The Hall–Kier alpha value is -0.860. The fourth-order valence-electron chi connectivity index (χ4n) is 4.17. The molecule has 2 fully saturated rings. The largest absolute Gasteiger partial charge is 0.296 e. The van der Waals surface area contributed by atoms with Gasteiger partial charge in [-0.1, -0.05) is 20.8 Å². The van der Waals surface area contributed by atoms with E-state index in [-0.39, 0.29) is 22.6 Å². The van der Waals surface area contributed by atoms with E-state index in [2.05, 4.69) is 26.1 Å². The fraction of sp³-hybridized carbons (Fsp3) is 0.846. The van der Waals surface area contributed by atoms with Crippen molar-refractivity contribution in [2.45, 2.75) is 52.9 Å². The van der Waals surface area contributed by atoms with Gasteiger partial charge in [0.05, 0.1) is 0 Å². The van der Waals surface area contributed by atoms with Gasteiger partial charge in [-0.05, 0) is 36.0 Å². The van der Waals surface area contributed by atoms with Crippen LogP contribution in [0, 0.1) is 16.7 Å². The minimum atomic E-state index is -0.0823. The van der Waals surface area contributed by atoms with Crippen LogP contribution in [0.1, 0.15) is 52.9 Å². The lowest BCUT2D eigenvalue weighted by Gasteiger charge is -2.48. The monoisotopic (exact) mass is 223 g/mol. The molecular formula is C13H21NO2. The van der Waals surface area contributed by atoms with Crippen molar-refractivity contribution >= 4 is 11.8 Å². The molecule has 3 heteroatoms. The van der Waals surface area contributed by atoms with E-state index in [1.165, 1.54) is 6.42 Å². The summed E-state index contributed by atoms with van der Waals surface area (Å²) >= 11 is 0. The Morgan fingerprint density at radius 1 is 1.12 bits per heavy atom. The van der Waals surface area contributed by atoms with Gasteiger partial charge in [-0.15, -0.1) is 0 Å². The lowest BCUT2D eigenvalue weighted by atomic mass is 9.57. The molecule has 1 spiro atoms. The van der Waals surface area contributed by atoms with Crippen molar-refractivity contribution in [2.75, 3.05) is 0 Å². The summed E-state index contributed by atoms with van der Waals surface area (Å²) in [6.07, 6.45) is 4.29. The van der Waals surface area contributed by atoms with Gasteiger partial charge in [0, 0.05) is 12.8 Å². The van der Waals surface area contributed by atoms with Crippen LogP contribution < -0.4 is 5.32 Å². The zero-order chi connectivity index (χ0) is 12.0. The Kier molecular flexibility index (Phi) is 2.59. The first-order valence-corrected chi connectivity index (χ1v) is 6.13. The molecule has 1 N–H and O–H groups in total. The highest BCUT2D eigenvalue weighted by molar-refractivity contribution is 5.98. The molecule has 1 heterocycles. The molecule has 0 aromatic heterocycles. The zero-order valence-electron chi connectivity index (χ0n) is 10.4. The Balaban J connectivity index is 2.23. The second-order valence-electron chi connectivity index (χ2n) is 6.68. The van der Waals surface area contributed by atoms with Gasteiger partial charge in [-0.2, -0.15) is 0 Å². The molecule has 1 aliphatic carbocycles. The van der Waals surface area contributed by atoms with Crippen molar-refractivity contribution in [3.8, 4) is 0 Å². The first-order valence-electron chi connectivity index (χ1n) is 6.13. The van der Waals surface area contributed by atoms with Crippen molar-refractivity contribution in [2.24, 2.45) is 16.7 Å². The van der Waals surface area contributed by atoms with E-state index in [9.17, 15) is 9.59 Å². The van der Waals surface area contributed by atoms with Crippen LogP contribution in [0.2, 0.25) is 0 Å². The molecule has 3 nitrogen and oxygen atoms in total. The molecule has 0 aromatic carbocycles. The fourth-order valence-corrected chi connectivity index (χ4v) is 4.17. The summed E-state index contributed by atoms with van der Waals surface area (Å²) < 4.78 is 0. The number of piperidine rings is 1. The molecule has 1 saturated heterocycles. The second-order valence-corrected chi connectivity index (χ2v) is 6.68. The van der Waals surface area contributed by atoms with Gasteiger partial charge in [-0.3, -0.25) is 14.9 Å². The summed E-state index contributed by atoms with van der Waals surface area (Å²) in [5.74, 6) is 0.449. The van der Waals surface area contributed by atoms with E-state index in [0.29, 0.717) is 18.8 Å².